The highest BCUT2D eigenvalue weighted by Crippen LogP contribution is 2.49. The molecule has 0 amide bonds. The second kappa shape index (κ2) is 5.08. The van der Waals surface area contributed by atoms with Crippen LogP contribution in [0.25, 0.3) is 0 Å². The topological polar surface area (TPSA) is 12.0 Å². The van der Waals surface area contributed by atoms with Crippen LogP contribution in [0.2, 0.25) is 0 Å². The van der Waals surface area contributed by atoms with Crippen LogP contribution in [0.15, 0.2) is 0 Å². The first-order valence-corrected chi connectivity index (χ1v) is 7.37. The van der Waals surface area contributed by atoms with Gasteiger partial charge in [0.15, 0.2) is 0 Å². The summed E-state index contributed by atoms with van der Waals surface area (Å²) in [5.41, 5.74) is 0.721. The molecule has 0 bridgehead atoms. The van der Waals surface area contributed by atoms with Crippen molar-refractivity contribution in [1.29, 1.82) is 0 Å². The van der Waals surface area contributed by atoms with Crippen LogP contribution in [0.3, 0.4) is 0 Å². The Morgan fingerprint density at radius 1 is 1.06 bits per heavy atom. The van der Waals surface area contributed by atoms with Gasteiger partial charge in [-0.1, -0.05) is 27.2 Å². The Kier molecular flexibility index (Phi) is 3.94. The molecule has 2 unspecified atom stereocenters. The lowest BCUT2D eigenvalue weighted by molar-refractivity contribution is 0.227. The normalized spacial score (nSPS) is 37.3. The Labute approximate surface area is 101 Å². The highest BCUT2D eigenvalue weighted by Gasteiger charge is 2.41. The van der Waals surface area contributed by atoms with Gasteiger partial charge in [-0.15, -0.1) is 0 Å². The molecule has 0 spiro atoms. The van der Waals surface area contributed by atoms with E-state index in [0.29, 0.717) is 0 Å². The van der Waals surface area contributed by atoms with Crippen LogP contribution < -0.4 is 5.32 Å². The maximum absolute atomic E-state index is 3.87. The lowest BCUT2D eigenvalue weighted by atomic mass is 9.80. The molecule has 2 saturated carbocycles. The Hall–Kier alpha value is -0.0400. The smallest absolute Gasteiger partial charge is 0.00723 e. The van der Waals surface area contributed by atoms with Crippen molar-refractivity contribution in [2.75, 3.05) is 6.54 Å². The molecule has 16 heavy (non-hydrogen) atoms. The van der Waals surface area contributed by atoms with Crippen LogP contribution in [-0.2, 0) is 0 Å². The molecular weight excluding hydrogens is 194 g/mol. The monoisotopic (exact) mass is 223 g/mol. The van der Waals surface area contributed by atoms with Gasteiger partial charge in [0.25, 0.3) is 0 Å². The number of nitrogens with one attached hydrogen (secondary N) is 1. The fourth-order valence-electron chi connectivity index (χ4n) is 3.70. The lowest BCUT2D eigenvalue weighted by Crippen LogP contribution is -2.39. The van der Waals surface area contributed by atoms with Crippen LogP contribution in [0, 0.1) is 17.3 Å². The summed E-state index contributed by atoms with van der Waals surface area (Å²) in [4.78, 5) is 0. The molecule has 0 heterocycles. The predicted molar refractivity (Wildman–Crippen MR) is 70.5 cm³/mol. The summed E-state index contributed by atoms with van der Waals surface area (Å²) < 4.78 is 0. The van der Waals surface area contributed by atoms with Crippen LogP contribution in [0.4, 0.5) is 0 Å². The fourth-order valence-corrected chi connectivity index (χ4v) is 3.70. The molecule has 2 rings (SSSR count). The Morgan fingerprint density at radius 2 is 1.69 bits per heavy atom. The summed E-state index contributed by atoms with van der Waals surface area (Å²) in [7, 11) is 0. The molecule has 0 saturated heterocycles. The Morgan fingerprint density at radius 3 is 2.19 bits per heavy atom. The lowest BCUT2D eigenvalue weighted by Gasteiger charge is -2.33. The van der Waals surface area contributed by atoms with E-state index in [2.05, 4.69) is 26.1 Å². The van der Waals surface area contributed by atoms with E-state index >= 15 is 0 Å². The average molecular weight is 223 g/mol. The summed E-state index contributed by atoms with van der Waals surface area (Å²) in [5.74, 6) is 1.87. The molecule has 1 N–H and O–H groups in total. The third kappa shape index (κ3) is 3.23. The molecule has 2 fully saturated rings. The fraction of sp³-hybridized carbons (Fsp3) is 1.00. The molecule has 0 aliphatic heterocycles. The molecule has 0 aromatic heterocycles. The number of hydrogen-bond donors (Lipinski definition) is 1. The SMILES string of the molecule is CCCC1(CNC2CC(C)CC(C)C2)CC1. The zero-order valence-electron chi connectivity index (χ0n) is 11.4. The van der Waals surface area contributed by atoms with Crippen molar-refractivity contribution in [3.8, 4) is 0 Å². The second-order valence-electron chi connectivity index (χ2n) is 6.75. The van der Waals surface area contributed by atoms with Gasteiger partial charge in [0, 0.05) is 12.6 Å². The van der Waals surface area contributed by atoms with E-state index in [1.54, 1.807) is 0 Å². The molecule has 2 aliphatic rings. The minimum absolute atomic E-state index is 0.721. The largest absolute Gasteiger partial charge is 0.313 e. The van der Waals surface area contributed by atoms with Crippen LogP contribution >= 0.6 is 0 Å². The van der Waals surface area contributed by atoms with Crippen LogP contribution in [0.1, 0.15) is 65.7 Å². The zero-order chi connectivity index (χ0) is 11.6. The van der Waals surface area contributed by atoms with Crippen LogP contribution in [-0.4, -0.2) is 12.6 Å². The van der Waals surface area contributed by atoms with E-state index in [1.165, 1.54) is 51.5 Å². The van der Waals surface area contributed by atoms with Crippen molar-refractivity contribution in [3.05, 3.63) is 0 Å². The van der Waals surface area contributed by atoms with Gasteiger partial charge in [0.2, 0.25) is 0 Å². The Bertz CT molecular complexity index is 209. The predicted octanol–water partition coefficient (Wildman–Crippen LogP) is 3.98. The highest BCUT2D eigenvalue weighted by molar-refractivity contribution is 4.95. The third-order valence-corrected chi connectivity index (χ3v) is 4.68. The summed E-state index contributed by atoms with van der Waals surface area (Å²) in [6.07, 6.45) is 10.0. The zero-order valence-corrected chi connectivity index (χ0v) is 11.4. The first-order chi connectivity index (χ1) is 7.63. The maximum atomic E-state index is 3.87. The van der Waals surface area contributed by atoms with E-state index in [-0.39, 0.29) is 0 Å². The summed E-state index contributed by atoms with van der Waals surface area (Å²) in [5, 5.41) is 3.87. The van der Waals surface area contributed by atoms with E-state index < -0.39 is 0 Å². The van der Waals surface area contributed by atoms with Gasteiger partial charge in [-0.3, -0.25) is 0 Å². The van der Waals surface area contributed by atoms with Crippen molar-refractivity contribution in [2.24, 2.45) is 17.3 Å². The van der Waals surface area contributed by atoms with Crippen LogP contribution in [0.5, 0.6) is 0 Å². The molecule has 1 nitrogen and oxygen atoms in total. The number of hydrogen-bond acceptors (Lipinski definition) is 1. The molecule has 1 heteroatoms. The molecule has 0 aromatic rings. The summed E-state index contributed by atoms with van der Waals surface area (Å²) in [6, 6.07) is 0.813. The van der Waals surface area contributed by atoms with Gasteiger partial charge in [0.1, 0.15) is 0 Å². The van der Waals surface area contributed by atoms with Crippen molar-refractivity contribution >= 4 is 0 Å². The second-order valence-corrected chi connectivity index (χ2v) is 6.75. The van der Waals surface area contributed by atoms with Gasteiger partial charge in [0.05, 0.1) is 0 Å². The van der Waals surface area contributed by atoms with Crippen molar-refractivity contribution in [1.82, 2.24) is 5.32 Å². The maximum Gasteiger partial charge on any atom is 0.00723 e. The molecule has 2 atom stereocenters. The quantitative estimate of drug-likeness (QED) is 0.743. The average Bonchev–Trinajstić information content (AvgIpc) is 2.95. The first kappa shape index (κ1) is 12.4. The highest BCUT2D eigenvalue weighted by atomic mass is 14.9. The van der Waals surface area contributed by atoms with Gasteiger partial charge < -0.3 is 5.32 Å². The van der Waals surface area contributed by atoms with E-state index in [4.69, 9.17) is 0 Å². The molecule has 0 radical (unpaired) electrons. The van der Waals surface area contributed by atoms with Gasteiger partial charge in [-0.2, -0.15) is 0 Å². The molecular formula is C15H29N. The van der Waals surface area contributed by atoms with E-state index in [9.17, 15) is 0 Å². The van der Waals surface area contributed by atoms with Crippen molar-refractivity contribution < 1.29 is 0 Å². The summed E-state index contributed by atoms with van der Waals surface area (Å²) >= 11 is 0. The standard InChI is InChI=1S/C15H29N/c1-4-5-15(6-7-15)11-16-14-9-12(2)8-13(3)10-14/h12-14,16H,4-11H2,1-3H3. The Balaban J connectivity index is 1.73. The first-order valence-electron chi connectivity index (χ1n) is 7.37. The van der Waals surface area contributed by atoms with Crippen molar-refractivity contribution in [2.45, 2.75) is 71.8 Å². The van der Waals surface area contributed by atoms with Crippen molar-refractivity contribution in [3.63, 3.8) is 0 Å². The minimum atomic E-state index is 0.721. The number of rotatable bonds is 5. The van der Waals surface area contributed by atoms with Gasteiger partial charge in [-0.25, -0.2) is 0 Å². The van der Waals surface area contributed by atoms with Gasteiger partial charge >= 0.3 is 0 Å². The molecule has 94 valence electrons. The van der Waals surface area contributed by atoms with E-state index in [0.717, 1.165) is 23.3 Å². The molecule has 0 aromatic carbocycles. The summed E-state index contributed by atoms with van der Waals surface area (Å²) in [6.45, 7) is 8.46. The molecule has 2 aliphatic carbocycles. The third-order valence-electron chi connectivity index (χ3n) is 4.68. The van der Waals surface area contributed by atoms with E-state index in [1.807, 2.05) is 0 Å². The minimum Gasteiger partial charge on any atom is -0.313 e. The van der Waals surface area contributed by atoms with Gasteiger partial charge in [-0.05, 0) is 55.8 Å².